The summed E-state index contributed by atoms with van der Waals surface area (Å²) in [5, 5.41) is 5.49. The van der Waals surface area contributed by atoms with Gasteiger partial charge in [-0.25, -0.2) is 8.42 Å². The molecular weight excluding hydrogens is 446 g/mol. The number of carbonyl (C=O) groups is 2. The molecular formula is C23H29N3O6S. The predicted molar refractivity (Wildman–Crippen MR) is 124 cm³/mol. The maximum Gasteiger partial charge on any atom is 0.251 e. The Kier molecular flexibility index (Phi) is 8.06. The van der Waals surface area contributed by atoms with E-state index in [-0.39, 0.29) is 23.9 Å². The molecule has 1 saturated heterocycles. The van der Waals surface area contributed by atoms with E-state index in [1.165, 1.54) is 23.5 Å². The minimum Gasteiger partial charge on any atom is -0.497 e. The van der Waals surface area contributed by atoms with Gasteiger partial charge in [0.05, 0.1) is 25.2 Å². The Hall–Kier alpha value is -2.95. The molecule has 0 unspecified atom stereocenters. The Morgan fingerprint density at radius 1 is 1.06 bits per heavy atom. The molecule has 9 nitrogen and oxygen atoms in total. The Morgan fingerprint density at radius 2 is 1.73 bits per heavy atom. The number of methoxy groups -OCH3 is 1. The molecule has 0 aromatic heterocycles. The minimum atomic E-state index is -3.70. The van der Waals surface area contributed by atoms with Crippen LogP contribution in [-0.2, 0) is 19.6 Å². The van der Waals surface area contributed by atoms with Gasteiger partial charge in [0.25, 0.3) is 5.91 Å². The fourth-order valence-corrected chi connectivity index (χ4v) is 4.85. The van der Waals surface area contributed by atoms with Crippen LogP contribution in [-0.4, -0.2) is 64.0 Å². The van der Waals surface area contributed by atoms with E-state index < -0.39 is 27.9 Å². The Balaban J connectivity index is 1.72. The zero-order valence-corrected chi connectivity index (χ0v) is 19.7. The monoisotopic (exact) mass is 475 g/mol. The van der Waals surface area contributed by atoms with Crippen molar-refractivity contribution in [2.24, 2.45) is 5.92 Å². The number of morpholine rings is 1. The maximum absolute atomic E-state index is 13.0. The van der Waals surface area contributed by atoms with Crippen molar-refractivity contribution in [3.05, 3.63) is 54.1 Å². The summed E-state index contributed by atoms with van der Waals surface area (Å²) in [6.07, 6.45) is 0. The van der Waals surface area contributed by atoms with Crippen molar-refractivity contribution in [3.8, 4) is 5.75 Å². The van der Waals surface area contributed by atoms with E-state index in [9.17, 15) is 18.0 Å². The molecule has 1 heterocycles. The van der Waals surface area contributed by atoms with Gasteiger partial charge in [-0.1, -0.05) is 19.9 Å². The van der Waals surface area contributed by atoms with Crippen molar-refractivity contribution in [1.29, 1.82) is 0 Å². The standard InChI is InChI=1S/C23H29N3O6S/c1-16(2)21(25-22(27)17-7-9-19(31-3)10-8-17)23(28)24-18-5-4-6-20(15-18)33(29,30)26-11-13-32-14-12-26/h4-10,15-16,21H,11-14H2,1-3H3,(H,24,28)(H,25,27)/t21-/m0/s1. The summed E-state index contributed by atoms with van der Waals surface area (Å²) >= 11 is 0. The van der Waals surface area contributed by atoms with E-state index in [0.29, 0.717) is 30.2 Å². The van der Waals surface area contributed by atoms with Crippen molar-refractivity contribution >= 4 is 27.5 Å². The third kappa shape index (κ3) is 6.10. The minimum absolute atomic E-state index is 0.0885. The number of nitrogens with zero attached hydrogens (tertiary/aromatic N) is 1. The van der Waals surface area contributed by atoms with Crippen LogP contribution < -0.4 is 15.4 Å². The van der Waals surface area contributed by atoms with Gasteiger partial charge in [0, 0.05) is 24.3 Å². The van der Waals surface area contributed by atoms with Crippen LogP contribution in [0.1, 0.15) is 24.2 Å². The zero-order chi connectivity index (χ0) is 24.0. The van der Waals surface area contributed by atoms with Crippen molar-refractivity contribution < 1.29 is 27.5 Å². The molecule has 178 valence electrons. The number of amides is 2. The lowest BCUT2D eigenvalue weighted by molar-refractivity contribution is -0.118. The lowest BCUT2D eigenvalue weighted by Gasteiger charge is -2.26. The molecule has 0 aliphatic carbocycles. The van der Waals surface area contributed by atoms with Gasteiger partial charge >= 0.3 is 0 Å². The van der Waals surface area contributed by atoms with Gasteiger partial charge in [-0.05, 0) is 48.4 Å². The Morgan fingerprint density at radius 3 is 2.33 bits per heavy atom. The highest BCUT2D eigenvalue weighted by Gasteiger charge is 2.28. The SMILES string of the molecule is COc1ccc(C(=O)N[C@H](C(=O)Nc2cccc(S(=O)(=O)N3CCOCC3)c2)C(C)C)cc1. The number of anilines is 1. The third-order valence-electron chi connectivity index (χ3n) is 5.30. The summed E-state index contributed by atoms with van der Waals surface area (Å²) in [7, 11) is -2.16. The van der Waals surface area contributed by atoms with Crippen molar-refractivity contribution in [2.45, 2.75) is 24.8 Å². The molecule has 0 spiro atoms. The van der Waals surface area contributed by atoms with E-state index in [2.05, 4.69) is 10.6 Å². The molecule has 1 aliphatic heterocycles. The molecule has 1 aliphatic rings. The van der Waals surface area contributed by atoms with Crippen molar-refractivity contribution in [3.63, 3.8) is 0 Å². The van der Waals surface area contributed by atoms with E-state index in [0.717, 1.165) is 0 Å². The predicted octanol–water partition coefficient (Wildman–Crippen LogP) is 2.11. The van der Waals surface area contributed by atoms with Gasteiger partial charge < -0.3 is 20.1 Å². The van der Waals surface area contributed by atoms with Gasteiger partial charge in [0.2, 0.25) is 15.9 Å². The quantitative estimate of drug-likeness (QED) is 0.605. The summed E-state index contributed by atoms with van der Waals surface area (Å²) in [5.74, 6) is -0.410. The first kappa shape index (κ1) is 24.7. The number of nitrogens with one attached hydrogen (secondary N) is 2. The van der Waals surface area contributed by atoms with Crippen molar-refractivity contribution in [1.82, 2.24) is 9.62 Å². The summed E-state index contributed by atoms with van der Waals surface area (Å²) in [6.45, 7) is 4.90. The number of hydrogen-bond acceptors (Lipinski definition) is 6. The molecule has 0 bridgehead atoms. The van der Waals surface area contributed by atoms with Crippen molar-refractivity contribution in [2.75, 3.05) is 38.7 Å². The number of hydrogen-bond donors (Lipinski definition) is 2. The molecule has 0 saturated carbocycles. The molecule has 2 aromatic rings. The van der Waals surface area contributed by atoms with Gasteiger partial charge in [0.15, 0.2) is 0 Å². The second-order valence-electron chi connectivity index (χ2n) is 7.96. The lowest BCUT2D eigenvalue weighted by atomic mass is 10.0. The van der Waals surface area contributed by atoms with Crippen LogP contribution in [0.25, 0.3) is 0 Å². The summed E-state index contributed by atoms with van der Waals surface area (Å²) in [6, 6.07) is 11.8. The maximum atomic E-state index is 13.0. The smallest absolute Gasteiger partial charge is 0.251 e. The molecule has 2 N–H and O–H groups in total. The Bertz CT molecular complexity index is 1080. The molecule has 0 radical (unpaired) electrons. The average molecular weight is 476 g/mol. The molecule has 2 amide bonds. The largest absolute Gasteiger partial charge is 0.497 e. The number of carbonyl (C=O) groups excluding carboxylic acids is 2. The van der Waals surface area contributed by atoms with E-state index >= 15 is 0 Å². The number of ether oxygens (including phenoxy) is 2. The van der Waals surface area contributed by atoms with Crippen LogP contribution in [0.5, 0.6) is 5.75 Å². The summed E-state index contributed by atoms with van der Waals surface area (Å²) < 4.78 is 37.5. The second kappa shape index (κ2) is 10.8. The van der Waals surface area contributed by atoms with Gasteiger partial charge in [0.1, 0.15) is 11.8 Å². The van der Waals surface area contributed by atoms with E-state index in [4.69, 9.17) is 9.47 Å². The van der Waals surface area contributed by atoms with Crippen LogP contribution in [0.4, 0.5) is 5.69 Å². The van der Waals surface area contributed by atoms with Crippen LogP contribution in [0.3, 0.4) is 0 Å². The first-order valence-corrected chi connectivity index (χ1v) is 12.1. The third-order valence-corrected chi connectivity index (χ3v) is 7.19. The van der Waals surface area contributed by atoms with E-state index in [1.807, 2.05) is 13.8 Å². The first-order chi connectivity index (χ1) is 15.7. The van der Waals surface area contributed by atoms with Crippen LogP contribution in [0.15, 0.2) is 53.4 Å². The average Bonchev–Trinajstić information content (AvgIpc) is 2.82. The highest BCUT2D eigenvalue weighted by Crippen LogP contribution is 2.21. The van der Waals surface area contributed by atoms with Gasteiger partial charge in [-0.15, -0.1) is 0 Å². The number of rotatable bonds is 8. The van der Waals surface area contributed by atoms with Crippen LogP contribution >= 0.6 is 0 Å². The van der Waals surface area contributed by atoms with Gasteiger partial charge in [-0.3, -0.25) is 9.59 Å². The second-order valence-corrected chi connectivity index (χ2v) is 9.90. The highest BCUT2D eigenvalue weighted by molar-refractivity contribution is 7.89. The molecule has 2 aromatic carbocycles. The Labute approximate surface area is 194 Å². The highest BCUT2D eigenvalue weighted by atomic mass is 32.2. The topological polar surface area (TPSA) is 114 Å². The van der Waals surface area contributed by atoms with Gasteiger partial charge in [-0.2, -0.15) is 4.31 Å². The zero-order valence-electron chi connectivity index (χ0n) is 18.9. The molecule has 3 rings (SSSR count). The molecule has 33 heavy (non-hydrogen) atoms. The molecule has 1 fully saturated rings. The first-order valence-electron chi connectivity index (χ1n) is 10.7. The fourth-order valence-electron chi connectivity index (χ4n) is 3.39. The van der Waals surface area contributed by atoms with Crippen LogP contribution in [0.2, 0.25) is 0 Å². The number of sulfonamides is 1. The lowest BCUT2D eigenvalue weighted by Crippen LogP contribution is -2.47. The molecule has 10 heteroatoms. The summed E-state index contributed by atoms with van der Waals surface area (Å²) in [5.41, 5.74) is 0.728. The van der Waals surface area contributed by atoms with E-state index in [1.54, 1.807) is 36.4 Å². The molecule has 1 atom stereocenters. The normalized spacial score (nSPS) is 15.6. The van der Waals surface area contributed by atoms with Crippen LogP contribution in [0, 0.1) is 5.92 Å². The summed E-state index contributed by atoms with van der Waals surface area (Å²) in [4.78, 5) is 25.7. The fraction of sp³-hybridized carbons (Fsp3) is 0.391. The number of benzene rings is 2.